The normalized spacial score (nSPS) is 23.5. The van der Waals surface area contributed by atoms with Crippen LogP contribution in [0.1, 0.15) is 35.6 Å². The van der Waals surface area contributed by atoms with Crippen molar-refractivity contribution in [3.63, 3.8) is 0 Å². The van der Waals surface area contributed by atoms with Crippen LogP contribution in [0.3, 0.4) is 0 Å². The van der Waals surface area contributed by atoms with Crippen molar-refractivity contribution in [2.24, 2.45) is 11.8 Å². The molecule has 4 atom stereocenters. The molecule has 0 spiro atoms. The van der Waals surface area contributed by atoms with Crippen LogP contribution >= 0.6 is 0 Å². The van der Waals surface area contributed by atoms with Crippen LogP contribution in [0.5, 0.6) is 17.2 Å². The van der Waals surface area contributed by atoms with E-state index in [1.54, 1.807) is 7.11 Å². The lowest BCUT2D eigenvalue weighted by Gasteiger charge is -2.38. The SMILES string of the molecule is COc1cc([C@@H]2c3cc4c(cc3[C@H](OC(C)=O)[C@@H]3COC(=O)[C@@H]23)OCO4)cc2nc3ccccc3nc12. The first-order chi connectivity index (χ1) is 18.0. The summed E-state index contributed by atoms with van der Waals surface area (Å²) in [7, 11) is 1.59. The van der Waals surface area contributed by atoms with E-state index in [-0.39, 0.29) is 25.3 Å². The Hall–Kier alpha value is -4.40. The van der Waals surface area contributed by atoms with Gasteiger partial charge in [0.15, 0.2) is 11.5 Å². The predicted molar refractivity (Wildman–Crippen MR) is 130 cm³/mol. The number of aromatic nitrogens is 2. The van der Waals surface area contributed by atoms with E-state index in [1.807, 2.05) is 48.5 Å². The maximum absolute atomic E-state index is 13.2. The highest BCUT2D eigenvalue weighted by Gasteiger charge is 2.54. The van der Waals surface area contributed by atoms with Crippen molar-refractivity contribution in [3.8, 4) is 17.2 Å². The summed E-state index contributed by atoms with van der Waals surface area (Å²) in [4.78, 5) is 34.9. The molecule has 1 saturated heterocycles. The minimum Gasteiger partial charge on any atom is -0.494 e. The molecule has 1 aliphatic carbocycles. The van der Waals surface area contributed by atoms with Gasteiger partial charge in [0, 0.05) is 24.3 Å². The van der Waals surface area contributed by atoms with E-state index in [9.17, 15) is 9.59 Å². The molecule has 9 heteroatoms. The lowest BCUT2D eigenvalue weighted by atomic mass is 9.66. The molecule has 0 N–H and O–H groups in total. The second-order valence-electron chi connectivity index (χ2n) is 9.46. The van der Waals surface area contributed by atoms with Gasteiger partial charge in [0.1, 0.15) is 17.4 Å². The number of hydrogen-bond donors (Lipinski definition) is 0. The molecular formula is C28H22N2O7. The minimum absolute atomic E-state index is 0.0997. The van der Waals surface area contributed by atoms with Gasteiger partial charge >= 0.3 is 11.9 Å². The van der Waals surface area contributed by atoms with Crippen LogP contribution in [0.25, 0.3) is 22.1 Å². The summed E-state index contributed by atoms with van der Waals surface area (Å²) in [5.74, 6) is -0.410. The first-order valence-corrected chi connectivity index (χ1v) is 12.0. The molecule has 186 valence electrons. The third-order valence-corrected chi connectivity index (χ3v) is 7.42. The van der Waals surface area contributed by atoms with Crippen LogP contribution in [0, 0.1) is 11.8 Å². The van der Waals surface area contributed by atoms with E-state index in [4.69, 9.17) is 33.7 Å². The first-order valence-electron chi connectivity index (χ1n) is 12.0. The smallest absolute Gasteiger partial charge is 0.310 e. The monoisotopic (exact) mass is 498 g/mol. The zero-order valence-corrected chi connectivity index (χ0v) is 20.1. The standard InChI is InChI=1S/C28H22N2O7/c1-13(31)37-27-16-10-22-21(35-12-36-22)9-15(16)24(25-17(27)11-34-28(25)32)14-7-20-26(23(8-14)33-2)30-19-6-4-3-5-18(19)29-20/h3-10,17,24-25,27H,11-12H2,1-2H3/t17-,24-,25-,27+/m1/s1. The quantitative estimate of drug-likeness (QED) is 0.305. The number of hydrogen-bond acceptors (Lipinski definition) is 9. The fourth-order valence-corrected chi connectivity index (χ4v) is 5.89. The van der Waals surface area contributed by atoms with Gasteiger partial charge in [-0.25, -0.2) is 9.97 Å². The molecule has 0 unspecified atom stereocenters. The zero-order valence-electron chi connectivity index (χ0n) is 20.1. The van der Waals surface area contributed by atoms with Gasteiger partial charge in [-0.2, -0.15) is 0 Å². The molecule has 0 radical (unpaired) electrons. The fraction of sp³-hybridized carbons (Fsp3) is 0.286. The molecule has 1 fully saturated rings. The van der Waals surface area contributed by atoms with Crippen LogP contribution in [-0.2, 0) is 19.1 Å². The minimum atomic E-state index is -0.652. The van der Waals surface area contributed by atoms with Gasteiger partial charge < -0.3 is 23.7 Å². The van der Waals surface area contributed by atoms with E-state index in [0.29, 0.717) is 28.3 Å². The Kier molecular flexibility index (Phi) is 4.76. The summed E-state index contributed by atoms with van der Waals surface area (Å²) in [6.07, 6.45) is -0.652. The van der Waals surface area contributed by atoms with E-state index in [2.05, 4.69) is 0 Å². The number of ether oxygens (including phenoxy) is 5. The van der Waals surface area contributed by atoms with Crippen molar-refractivity contribution < 1.29 is 33.3 Å². The first kappa shape index (κ1) is 21.8. The molecule has 4 aromatic rings. The Morgan fingerprint density at radius 2 is 1.68 bits per heavy atom. The molecule has 3 heterocycles. The van der Waals surface area contributed by atoms with Crippen LogP contribution in [0.4, 0.5) is 0 Å². The number of carbonyl (C=O) groups excluding carboxylic acids is 2. The van der Waals surface area contributed by atoms with Gasteiger partial charge in [-0.05, 0) is 47.5 Å². The average molecular weight is 498 g/mol. The number of para-hydroxylation sites is 2. The molecule has 0 saturated carbocycles. The zero-order chi connectivity index (χ0) is 25.3. The largest absolute Gasteiger partial charge is 0.494 e. The molecule has 37 heavy (non-hydrogen) atoms. The lowest BCUT2D eigenvalue weighted by molar-refractivity contribution is -0.152. The van der Waals surface area contributed by atoms with Gasteiger partial charge in [0.2, 0.25) is 6.79 Å². The van der Waals surface area contributed by atoms with Crippen LogP contribution < -0.4 is 14.2 Å². The fourth-order valence-electron chi connectivity index (χ4n) is 5.89. The number of esters is 2. The van der Waals surface area contributed by atoms with Gasteiger partial charge in [0.05, 0.1) is 36.2 Å². The van der Waals surface area contributed by atoms with E-state index in [1.165, 1.54) is 6.92 Å². The highest BCUT2D eigenvalue weighted by atomic mass is 16.7. The molecule has 7 rings (SSSR count). The number of rotatable bonds is 3. The van der Waals surface area contributed by atoms with Crippen LogP contribution in [-0.4, -0.2) is 42.4 Å². The van der Waals surface area contributed by atoms with Crippen molar-refractivity contribution in [2.75, 3.05) is 20.5 Å². The average Bonchev–Trinajstić information content (AvgIpc) is 3.52. The summed E-state index contributed by atoms with van der Waals surface area (Å²) in [6.45, 7) is 1.62. The lowest BCUT2D eigenvalue weighted by Crippen LogP contribution is -2.36. The Bertz CT molecular complexity index is 1620. The summed E-state index contributed by atoms with van der Waals surface area (Å²) in [5, 5.41) is 0. The van der Waals surface area contributed by atoms with Crippen molar-refractivity contribution in [2.45, 2.75) is 18.9 Å². The topological polar surface area (TPSA) is 106 Å². The Morgan fingerprint density at radius 3 is 2.41 bits per heavy atom. The van der Waals surface area contributed by atoms with Gasteiger partial charge in [-0.1, -0.05) is 12.1 Å². The van der Waals surface area contributed by atoms with Gasteiger partial charge in [-0.15, -0.1) is 0 Å². The molecule has 2 aliphatic heterocycles. The number of benzene rings is 3. The molecule has 9 nitrogen and oxygen atoms in total. The highest BCUT2D eigenvalue weighted by molar-refractivity contribution is 5.90. The molecule has 3 aliphatic rings. The molecule has 1 aromatic heterocycles. The predicted octanol–water partition coefficient (Wildman–Crippen LogP) is 4.06. The Balaban J connectivity index is 1.48. The molecule has 0 bridgehead atoms. The number of carbonyl (C=O) groups is 2. The molecule has 3 aromatic carbocycles. The van der Waals surface area contributed by atoms with Crippen LogP contribution in [0.15, 0.2) is 48.5 Å². The number of cyclic esters (lactones) is 1. The summed E-state index contributed by atoms with van der Waals surface area (Å²) in [6, 6.07) is 15.2. The number of nitrogens with zero attached hydrogens (tertiary/aromatic N) is 2. The van der Waals surface area contributed by atoms with Crippen molar-refractivity contribution >= 4 is 34.0 Å². The van der Waals surface area contributed by atoms with E-state index >= 15 is 0 Å². The van der Waals surface area contributed by atoms with E-state index < -0.39 is 23.9 Å². The number of methoxy groups -OCH3 is 1. The number of fused-ring (bicyclic) bond motifs is 5. The molecule has 0 amide bonds. The van der Waals surface area contributed by atoms with Crippen LogP contribution in [0.2, 0.25) is 0 Å². The summed E-state index contributed by atoms with van der Waals surface area (Å²) in [5.41, 5.74) is 5.22. The van der Waals surface area contributed by atoms with E-state index in [0.717, 1.165) is 27.7 Å². The highest BCUT2D eigenvalue weighted by Crippen LogP contribution is 2.55. The maximum atomic E-state index is 13.2. The molecular weight excluding hydrogens is 476 g/mol. The second kappa shape index (κ2) is 8.06. The summed E-state index contributed by atoms with van der Waals surface area (Å²) < 4.78 is 28.4. The third-order valence-electron chi connectivity index (χ3n) is 7.42. The second-order valence-corrected chi connectivity index (χ2v) is 9.46. The summed E-state index contributed by atoms with van der Waals surface area (Å²) >= 11 is 0. The van der Waals surface area contributed by atoms with Gasteiger partial charge in [0.25, 0.3) is 0 Å². The van der Waals surface area contributed by atoms with Crippen molar-refractivity contribution in [3.05, 3.63) is 65.2 Å². The Morgan fingerprint density at radius 1 is 0.946 bits per heavy atom. The Labute approximate surface area is 211 Å². The third kappa shape index (κ3) is 3.30. The van der Waals surface area contributed by atoms with Crippen molar-refractivity contribution in [1.29, 1.82) is 0 Å². The van der Waals surface area contributed by atoms with Crippen molar-refractivity contribution in [1.82, 2.24) is 9.97 Å². The van der Waals surface area contributed by atoms with Gasteiger partial charge in [-0.3, -0.25) is 9.59 Å². The maximum Gasteiger partial charge on any atom is 0.310 e.